The van der Waals surface area contributed by atoms with Crippen LogP contribution in [0.4, 0.5) is 0 Å². The summed E-state index contributed by atoms with van der Waals surface area (Å²) in [5.41, 5.74) is 3.95. The number of aromatic nitrogens is 2. The van der Waals surface area contributed by atoms with Crippen LogP contribution < -0.4 is 10.7 Å². The highest BCUT2D eigenvalue weighted by Crippen LogP contribution is 2.11. The lowest BCUT2D eigenvalue weighted by Gasteiger charge is -2.06. The van der Waals surface area contributed by atoms with Crippen LogP contribution in [0.1, 0.15) is 11.3 Å². The molecule has 0 amide bonds. The number of nitrogens with zero attached hydrogens (tertiary/aromatic N) is 3. The van der Waals surface area contributed by atoms with E-state index in [1.807, 2.05) is 26.0 Å². The molecule has 3 rings (SSSR count). The summed E-state index contributed by atoms with van der Waals surface area (Å²) >= 11 is 0. The molecule has 0 spiro atoms. The molecular weight excluding hydrogens is 224 g/mol. The zero-order chi connectivity index (χ0) is 12.9. The van der Waals surface area contributed by atoms with Gasteiger partial charge >= 0.3 is 0 Å². The Labute approximate surface area is 104 Å². The second-order valence-corrected chi connectivity index (χ2v) is 4.47. The van der Waals surface area contributed by atoms with Crippen molar-refractivity contribution in [1.82, 2.24) is 9.97 Å². The minimum absolute atomic E-state index is 0.165. The van der Waals surface area contributed by atoms with Crippen molar-refractivity contribution in [3.8, 4) is 0 Å². The van der Waals surface area contributed by atoms with Gasteiger partial charge in [0.15, 0.2) is 17.0 Å². The van der Waals surface area contributed by atoms with Crippen molar-refractivity contribution in [2.45, 2.75) is 13.8 Å². The maximum atomic E-state index is 7.65. The van der Waals surface area contributed by atoms with E-state index in [1.54, 1.807) is 0 Å². The first kappa shape index (κ1) is 10.8. The highest BCUT2D eigenvalue weighted by atomic mass is 14.9. The number of hydrogen-bond donors (Lipinski definition) is 1. The molecule has 0 unspecified atom stereocenters. The van der Waals surface area contributed by atoms with Crippen molar-refractivity contribution < 1.29 is 0 Å². The maximum absolute atomic E-state index is 7.65. The Morgan fingerprint density at radius 1 is 1.17 bits per heavy atom. The van der Waals surface area contributed by atoms with E-state index in [1.165, 1.54) is 0 Å². The summed E-state index contributed by atoms with van der Waals surface area (Å²) in [5.74, 6) is 0.165. The molecule has 2 aromatic heterocycles. The molecule has 4 heteroatoms. The largest absolute Gasteiger partial charge is 0.282 e. The molecule has 18 heavy (non-hydrogen) atoms. The van der Waals surface area contributed by atoms with Gasteiger partial charge in [-0.25, -0.2) is 15.0 Å². The molecule has 3 heterocycles. The molecule has 1 aliphatic heterocycles. The predicted octanol–water partition coefficient (Wildman–Crippen LogP) is 1.19. The molecule has 0 radical (unpaired) electrons. The molecule has 0 bridgehead atoms. The summed E-state index contributed by atoms with van der Waals surface area (Å²) in [6.45, 7) is 7.78. The zero-order valence-corrected chi connectivity index (χ0v) is 10.3. The van der Waals surface area contributed by atoms with Crippen LogP contribution in [-0.2, 0) is 0 Å². The van der Waals surface area contributed by atoms with Crippen LogP contribution in [0.5, 0.6) is 0 Å². The molecule has 0 fully saturated rings. The summed E-state index contributed by atoms with van der Waals surface area (Å²) in [6.07, 6.45) is 1.84. The monoisotopic (exact) mass is 236 g/mol. The third-order valence-corrected chi connectivity index (χ3v) is 3.11. The Kier molecular flexibility index (Phi) is 2.13. The zero-order valence-electron chi connectivity index (χ0n) is 10.3. The van der Waals surface area contributed by atoms with Gasteiger partial charge in [-0.1, -0.05) is 6.58 Å². The summed E-state index contributed by atoms with van der Waals surface area (Å²) in [5, 5.41) is 9.54. The van der Waals surface area contributed by atoms with E-state index in [2.05, 4.69) is 27.6 Å². The molecule has 0 aliphatic carbocycles. The van der Waals surface area contributed by atoms with E-state index in [0.717, 1.165) is 21.9 Å². The van der Waals surface area contributed by atoms with E-state index >= 15 is 0 Å². The van der Waals surface area contributed by atoms with Gasteiger partial charge in [0.05, 0.1) is 0 Å². The van der Waals surface area contributed by atoms with Gasteiger partial charge in [0.25, 0.3) is 0 Å². The minimum atomic E-state index is 0.165. The second kappa shape index (κ2) is 3.57. The van der Waals surface area contributed by atoms with Crippen LogP contribution in [0.2, 0.25) is 0 Å². The summed E-state index contributed by atoms with van der Waals surface area (Å²) in [4.78, 5) is 13.0. The lowest BCUT2D eigenvalue weighted by atomic mass is 10.1. The van der Waals surface area contributed by atoms with Gasteiger partial charge in [0.1, 0.15) is 0 Å². The van der Waals surface area contributed by atoms with Gasteiger partial charge in [-0.3, -0.25) is 5.41 Å². The van der Waals surface area contributed by atoms with Gasteiger partial charge < -0.3 is 0 Å². The van der Waals surface area contributed by atoms with Crippen molar-refractivity contribution >= 4 is 22.9 Å². The normalized spacial score (nSPS) is 14.1. The first-order chi connectivity index (χ1) is 8.54. The SMILES string of the molecule is C=C1C=c2cc3cc(C)c(C)nc3nc2=NC1=N. The Balaban J connectivity index is 2.46. The molecule has 0 saturated heterocycles. The van der Waals surface area contributed by atoms with Crippen LogP contribution >= 0.6 is 0 Å². The number of hydrogen-bond acceptors (Lipinski definition) is 3. The first-order valence-electron chi connectivity index (χ1n) is 5.68. The lowest BCUT2D eigenvalue weighted by Crippen LogP contribution is -2.33. The number of aryl methyl sites for hydroxylation is 2. The Hall–Kier alpha value is -2.36. The minimum Gasteiger partial charge on any atom is -0.282 e. The molecule has 0 atom stereocenters. The van der Waals surface area contributed by atoms with E-state index in [0.29, 0.717) is 16.7 Å². The summed E-state index contributed by atoms with van der Waals surface area (Å²) < 4.78 is 0. The molecular formula is C14H12N4. The topological polar surface area (TPSA) is 62.0 Å². The van der Waals surface area contributed by atoms with Gasteiger partial charge in [0.2, 0.25) is 0 Å². The molecule has 2 aromatic rings. The van der Waals surface area contributed by atoms with E-state index < -0.39 is 0 Å². The standard InChI is InChI=1S/C14H12N4/c1-7-4-10-6-11-5-8(2)12(15)17-14(11)18-13(10)16-9(7)3/h4-6,15H,2H2,1,3H3. The van der Waals surface area contributed by atoms with E-state index in [4.69, 9.17) is 5.41 Å². The van der Waals surface area contributed by atoms with Crippen LogP contribution in [0.15, 0.2) is 29.3 Å². The van der Waals surface area contributed by atoms with E-state index in [-0.39, 0.29) is 5.84 Å². The van der Waals surface area contributed by atoms with Crippen LogP contribution in [0, 0.1) is 19.3 Å². The highest BCUT2D eigenvalue weighted by molar-refractivity contribution is 6.04. The third-order valence-electron chi connectivity index (χ3n) is 3.11. The quantitative estimate of drug-likeness (QED) is 0.747. The van der Waals surface area contributed by atoms with Crippen molar-refractivity contribution in [1.29, 1.82) is 5.41 Å². The highest BCUT2D eigenvalue weighted by Gasteiger charge is 2.08. The fourth-order valence-corrected chi connectivity index (χ4v) is 1.94. The maximum Gasteiger partial charge on any atom is 0.164 e. The van der Waals surface area contributed by atoms with Crippen LogP contribution in [0.25, 0.3) is 17.1 Å². The van der Waals surface area contributed by atoms with Gasteiger partial charge in [0, 0.05) is 21.9 Å². The predicted molar refractivity (Wildman–Crippen MR) is 71.1 cm³/mol. The Morgan fingerprint density at radius 2 is 1.94 bits per heavy atom. The fraction of sp³-hybridized carbons (Fsp3) is 0.143. The smallest absolute Gasteiger partial charge is 0.164 e. The molecule has 1 N–H and O–H groups in total. The Morgan fingerprint density at radius 3 is 2.72 bits per heavy atom. The number of pyridine rings is 2. The average Bonchev–Trinajstić information content (AvgIpc) is 2.31. The summed E-state index contributed by atoms with van der Waals surface area (Å²) in [7, 11) is 0. The molecule has 0 aromatic carbocycles. The fourth-order valence-electron chi connectivity index (χ4n) is 1.94. The summed E-state index contributed by atoms with van der Waals surface area (Å²) in [6, 6.07) is 4.07. The van der Waals surface area contributed by atoms with Crippen molar-refractivity contribution in [2.24, 2.45) is 4.99 Å². The Bertz CT molecular complexity index is 760. The molecule has 88 valence electrons. The van der Waals surface area contributed by atoms with Crippen molar-refractivity contribution in [3.05, 3.63) is 46.2 Å². The molecule has 1 aliphatic rings. The first-order valence-corrected chi connectivity index (χ1v) is 5.68. The van der Waals surface area contributed by atoms with Crippen LogP contribution in [-0.4, -0.2) is 15.8 Å². The lowest BCUT2D eigenvalue weighted by molar-refractivity contribution is 1.10. The van der Waals surface area contributed by atoms with Gasteiger partial charge in [-0.2, -0.15) is 0 Å². The number of fused-ring (bicyclic) bond motifs is 2. The molecule has 4 nitrogen and oxygen atoms in total. The average molecular weight is 236 g/mol. The van der Waals surface area contributed by atoms with Crippen molar-refractivity contribution in [2.75, 3.05) is 0 Å². The molecule has 0 saturated carbocycles. The third kappa shape index (κ3) is 1.54. The number of nitrogens with one attached hydrogen (secondary N) is 1. The van der Waals surface area contributed by atoms with Gasteiger partial charge in [-0.05, 0) is 37.6 Å². The number of amidine groups is 1. The van der Waals surface area contributed by atoms with Crippen molar-refractivity contribution in [3.63, 3.8) is 0 Å². The number of rotatable bonds is 0. The van der Waals surface area contributed by atoms with Crippen LogP contribution in [0.3, 0.4) is 0 Å². The van der Waals surface area contributed by atoms with Gasteiger partial charge in [-0.15, -0.1) is 0 Å². The second-order valence-electron chi connectivity index (χ2n) is 4.47. The van der Waals surface area contributed by atoms with E-state index in [9.17, 15) is 0 Å².